The second-order valence-corrected chi connectivity index (χ2v) is 2.90. The van der Waals surface area contributed by atoms with Gasteiger partial charge in [-0.05, 0) is 12.8 Å². The van der Waals surface area contributed by atoms with Gasteiger partial charge in [-0.3, -0.25) is 14.9 Å². The van der Waals surface area contributed by atoms with E-state index in [4.69, 9.17) is 0 Å². The van der Waals surface area contributed by atoms with Gasteiger partial charge in [-0.25, -0.2) is 0 Å². The number of rotatable bonds is 2. The molecule has 2 atom stereocenters. The van der Waals surface area contributed by atoms with E-state index in [1.54, 1.807) is 0 Å². The van der Waals surface area contributed by atoms with E-state index in [-0.39, 0.29) is 24.0 Å². The molecule has 74 valence electrons. The van der Waals surface area contributed by atoms with E-state index in [0.29, 0.717) is 12.8 Å². The lowest BCUT2D eigenvalue weighted by atomic mass is 10.2. The Hall–Kier alpha value is -1.10. The van der Waals surface area contributed by atoms with Crippen LogP contribution < -0.4 is 5.32 Å². The van der Waals surface area contributed by atoms with Gasteiger partial charge in [0.25, 0.3) is 0 Å². The molecule has 1 heterocycles. The zero-order valence-corrected chi connectivity index (χ0v) is 7.70. The Bertz CT molecular complexity index is 194. The third-order valence-corrected chi connectivity index (χ3v) is 2.12. The van der Waals surface area contributed by atoms with Crippen LogP contribution >= 0.6 is 0 Å². The molecule has 0 spiro atoms. The second-order valence-electron chi connectivity index (χ2n) is 2.90. The van der Waals surface area contributed by atoms with Crippen LogP contribution in [0.2, 0.25) is 0 Å². The first-order valence-electron chi connectivity index (χ1n) is 4.10. The van der Waals surface area contributed by atoms with Crippen molar-refractivity contribution in [1.82, 2.24) is 5.32 Å². The Morgan fingerprint density at radius 2 is 1.46 bits per heavy atom. The van der Waals surface area contributed by atoms with Crippen molar-refractivity contribution in [2.24, 2.45) is 0 Å². The SMILES string of the molecule is COC(=O)[C@@H]1CC[C@H](C(=O)OC)N1. The average molecular weight is 187 g/mol. The van der Waals surface area contributed by atoms with E-state index in [1.807, 2.05) is 0 Å². The van der Waals surface area contributed by atoms with E-state index >= 15 is 0 Å². The molecule has 0 saturated carbocycles. The fourth-order valence-electron chi connectivity index (χ4n) is 1.40. The Kier molecular flexibility index (Phi) is 3.25. The third-order valence-electron chi connectivity index (χ3n) is 2.12. The molecule has 1 rings (SSSR count). The molecule has 0 aromatic carbocycles. The molecule has 0 bridgehead atoms. The first kappa shape index (κ1) is 9.98. The predicted molar refractivity (Wildman–Crippen MR) is 44.0 cm³/mol. The highest BCUT2D eigenvalue weighted by atomic mass is 16.5. The zero-order chi connectivity index (χ0) is 9.84. The standard InChI is InChI=1S/C8H13NO4/c1-12-7(10)5-3-4-6(9-5)8(11)13-2/h5-6,9H,3-4H2,1-2H3/t5-,6+. The quantitative estimate of drug-likeness (QED) is 0.588. The van der Waals surface area contributed by atoms with Crippen LogP contribution in [-0.4, -0.2) is 38.2 Å². The Balaban J connectivity index is 2.44. The first-order chi connectivity index (χ1) is 6.19. The van der Waals surface area contributed by atoms with Crippen LogP contribution in [0.15, 0.2) is 0 Å². The Morgan fingerprint density at radius 1 is 1.08 bits per heavy atom. The van der Waals surface area contributed by atoms with Crippen molar-refractivity contribution in [2.45, 2.75) is 24.9 Å². The molecule has 0 aliphatic carbocycles. The summed E-state index contributed by atoms with van der Waals surface area (Å²) in [6.45, 7) is 0. The monoisotopic (exact) mass is 187 g/mol. The lowest BCUT2D eigenvalue weighted by molar-refractivity contribution is -0.144. The summed E-state index contributed by atoms with van der Waals surface area (Å²) in [5, 5.41) is 2.84. The van der Waals surface area contributed by atoms with Gasteiger partial charge in [-0.2, -0.15) is 0 Å². The summed E-state index contributed by atoms with van der Waals surface area (Å²) < 4.78 is 9.08. The molecule has 1 fully saturated rings. The number of nitrogens with one attached hydrogen (secondary N) is 1. The Labute approximate surface area is 76.4 Å². The van der Waals surface area contributed by atoms with Gasteiger partial charge in [0.15, 0.2) is 0 Å². The van der Waals surface area contributed by atoms with E-state index < -0.39 is 0 Å². The summed E-state index contributed by atoms with van der Waals surface area (Å²) in [7, 11) is 2.66. The molecule has 0 unspecified atom stereocenters. The molecule has 5 nitrogen and oxygen atoms in total. The van der Waals surface area contributed by atoms with Crippen LogP contribution in [0.4, 0.5) is 0 Å². The molecular weight excluding hydrogens is 174 g/mol. The molecule has 1 aliphatic rings. The summed E-state index contributed by atoms with van der Waals surface area (Å²) >= 11 is 0. The minimum atomic E-state index is -0.367. The molecule has 1 aliphatic heterocycles. The smallest absolute Gasteiger partial charge is 0.322 e. The fourth-order valence-corrected chi connectivity index (χ4v) is 1.40. The largest absolute Gasteiger partial charge is 0.468 e. The van der Waals surface area contributed by atoms with Crippen LogP contribution in [-0.2, 0) is 19.1 Å². The van der Waals surface area contributed by atoms with Gasteiger partial charge < -0.3 is 9.47 Å². The molecule has 0 amide bonds. The van der Waals surface area contributed by atoms with E-state index in [0.717, 1.165) is 0 Å². The third kappa shape index (κ3) is 2.18. The zero-order valence-electron chi connectivity index (χ0n) is 7.70. The maximum absolute atomic E-state index is 11.0. The highest BCUT2D eigenvalue weighted by Crippen LogP contribution is 2.14. The maximum atomic E-state index is 11.0. The van der Waals surface area contributed by atoms with Crippen LogP contribution in [0.5, 0.6) is 0 Å². The first-order valence-corrected chi connectivity index (χ1v) is 4.10. The molecule has 5 heteroatoms. The van der Waals surface area contributed by atoms with Gasteiger partial charge in [0.2, 0.25) is 0 Å². The number of hydrogen-bond donors (Lipinski definition) is 1. The van der Waals surface area contributed by atoms with Gasteiger partial charge in [-0.1, -0.05) is 0 Å². The van der Waals surface area contributed by atoms with Crippen LogP contribution in [0.25, 0.3) is 0 Å². The molecule has 0 radical (unpaired) electrons. The van der Waals surface area contributed by atoms with Gasteiger partial charge in [0.05, 0.1) is 14.2 Å². The number of carbonyl (C=O) groups is 2. The van der Waals surface area contributed by atoms with Crippen LogP contribution in [0.3, 0.4) is 0 Å². The lowest BCUT2D eigenvalue weighted by Gasteiger charge is -2.10. The molecule has 1 N–H and O–H groups in total. The van der Waals surface area contributed by atoms with Crippen molar-refractivity contribution in [2.75, 3.05) is 14.2 Å². The lowest BCUT2D eigenvalue weighted by Crippen LogP contribution is -2.40. The number of hydrogen-bond acceptors (Lipinski definition) is 5. The van der Waals surface area contributed by atoms with E-state index in [1.165, 1.54) is 14.2 Å². The summed E-state index contributed by atoms with van der Waals surface area (Å²) in [5.41, 5.74) is 0. The van der Waals surface area contributed by atoms with Crippen molar-refractivity contribution in [3.63, 3.8) is 0 Å². The molecule has 13 heavy (non-hydrogen) atoms. The van der Waals surface area contributed by atoms with Gasteiger partial charge in [0.1, 0.15) is 12.1 Å². The van der Waals surface area contributed by atoms with Crippen LogP contribution in [0, 0.1) is 0 Å². The minimum Gasteiger partial charge on any atom is -0.468 e. The maximum Gasteiger partial charge on any atom is 0.322 e. The Morgan fingerprint density at radius 3 is 1.77 bits per heavy atom. The summed E-state index contributed by atoms with van der Waals surface area (Å²) in [4.78, 5) is 22.1. The average Bonchev–Trinajstić information content (AvgIpc) is 2.64. The van der Waals surface area contributed by atoms with E-state index in [2.05, 4.69) is 14.8 Å². The van der Waals surface area contributed by atoms with Crippen molar-refractivity contribution >= 4 is 11.9 Å². The van der Waals surface area contributed by atoms with Gasteiger partial charge >= 0.3 is 11.9 Å². The minimum absolute atomic E-state index is 0.327. The molecular formula is C8H13NO4. The van der Waals surface area contributed by atoms with E-state index in [9.17, 15) is 9.59 Å². The number of ether oxygens (including phenoxy) is 2. The number of carbonyl (C=O) groups excluding carboxylic acids is 2. The summed E-state index contributed by atoms with van der Waals surface area (Å²) in [5.74, 6) is -0.655. The normalized spacial score (nSPS) is 26.9. The number of methoxy groups -OCH3 is 2. The second kappa shape index (κ2) is 4.23. The molecule has 0 aromatic rings. The topological polar surface area (TPSA) is 64.6 Å². The summed E-state index contributed by atoms with van der Waals surface area (Å²) in [6.07, 6.45) is 1.24. The van der Waals surface area contributed by atoms with Gasteiger partial charge in [-0.15, -0.1) is 0 Å². The fraction of sp³-hybridized carbons (Fsp3) is 0.750. The predicted octanol–water partition coefficient (Wildman–Crippen LogP) is -0.547. The van der Waals surface area contributed by atoms with Crippen molar-refractivity contribution < 1.29 is 19.1 Å². The summed E-state index contributed by atoms with van der Waals surface area (Å²) in [6, 6.07) is -0.733. The van der Waals surface area contributed by atoms with Gasteiger partial charge in [0, 0.05) is 0 Å². The van der Waals surface area contributed by atoms with Crippen molar-refractivity contribution in [1.29, 1.82) is 0 Å². The van der Waals surface area contributed by atoms with Crippen molar-refractivity contribution in [3.05, 3.63) is 0 Å². The highest BCUT2D eigenvalue weighted by molar-refractivity contribution is 5.81. The van der Waals surface area contributed by atoms with Crippen molar-refractivity contribution in [3.8, 4) is 0 Å². The van der Waals surface area contributed by atoms with Crippen LogP contribution in [0.1, 0.15) is 12.8 Å². The highest BCUT2D eigenvalue weighted by Gasteiger charge is 2.34. The molecule has 0 aromatic heterocycles. The molecule has 1 saturated heterocycles. The number of esters is 2.